The summed E-state index contributed by atoms with van der Waals surface area (Å²) in [5.74, 6) is -1.19. The largest absolute Gasteiger partial charge is 0.459 e. The summed E-state index contributed by atoms with van der Waals surface area (Å²) >= 11 is 0. The Bertz CT molecular complexity index is 924. The van der Waals surface area contributed by atoms with Crippen LogP contribution in [0.2, 0.25) is 0 Å². The highest BCUT2D eigenvalue weighted by atomic mass is 32.2. The maximum Gasteiger partial charge on any atom is 0.305 e. The second-order valence-electron chi connectivity index (χ2n) is 6.37. The number of hydrogen-bond donors (Lipinski definition) is 2. The van der Waals surface area contributed by atoms with Crippen LogP contribution < -0.4 is 10.9 Å². The van der Waals surface area contributed by atoms with E-state index in [2.05, 4.69) is 10.9 Å². The Hall–Kier alpha value is -2.65. The van der Waals surface area contributed by atoms with Crippen molar-refractivity contribution in [3.8, 4) is 0 Å². The van der Waals surface area contributed by atoms with E-state index in [0.29, 0.717) is 6.54 Å². The van der Waals surface area contributed by atoms with E-state index in [-0.39, 0.29) is 22.3 Å². The molecule has 8 nitrogen and oxygen atoms in total. The summed E-state index contributed by atoms with van der Waals surface area (Å²) in [4.78, 5) is 24.1. The number of nitrogens with zero attached hydrogens (tertiary/aromatic N) is 1. The second kappa shape index (κ2) is 7.93. The van der Waals surface area contributed by atoms with E-state index in [1.807, 2.05) is 6.92 Å². The number of benzene rings is 1. The van der Waals surface area contributed by atoms with Gasteiger partial charge in [-0.1, -0.05) is 12.5 Å². The van der Waals surface area contributed by atoms with Gasteiger partial charge in [0.15, 0.2) is 5.76 Å². The molecule has 27 heavy (non-hydrogen) atoms. The summed E-state index contributed by atoms with van der Waals surface area (Å²) in [6.07, 6.45) is 3.98. The van der Waals surface area contributed by atoms with Crippen LogP contribution in [0.1, 0.15) is 47.1 Å². The molecule has 9 heteroatoms. The zero-order chi connectivity index (χ0) is 19.4. The number of rotatable bonds is 4. The van der Waals surface area contributed by atoms with E-state index >= 15 is 0 Å². The lowest BCUT2D eigenvalue weighted by Crippen LogP contribution is -2.42. The first-order valence-electron chi connectivity index (χ1n) is 8.65. The van der Waals surface area contributed by atoms with Crippen LogP contribution in [0.3, 0.4) is 0 Å². The number of nitrogens with one attached hydrogen (secondary N) is 2. The standard InChI is InChI=1S/C18H21N3O5S/c1-13-6-2-3-10-21(13)27(24,25)15-8-4-7-14(12-15)17(22)19-20-18(23)16-9-5-11-26-16/h4-5,7-9,11-13H,2-3,6,10H2,1H3,(H,19,22)(H,20,23)/t13-/m0/s1. The molecule has 2 aromatic rings. The van der Waals surface area contributed by atoms with Gasteiger partial charge in [0.25, 0.3) is 5.91 Å². The van der Waals surface area contributed by atoms with Gasteiger partial charge in [0.05, 0.1) is 11.2 Å². The number of carbonyl (C=O) groups is 2. The Kier molecular flexibility index (Phi) is 5.62. The van der Waals surface area contributed by atoms with Gasteiger partial charge >= 0.3 is 5.91 Å². The molecule has 2 heterocycles. The number of furan rings is 1. The highest BCUT2D eigenvalue weighted by Gasteiger charge is 2.31. The highest BCUT2D eigenvalue weighted by molar-refractivity contribution is 7.89. The van der Waals surface area contributed by atoms with Crippen molar-refractivity contribution in [2.24, 2.45) is 0 Å². The molecular weight excluding hydrogens is 370 g/mol. The molecule has 0 unspecified atom stereocenters. The maximum absolute atomic E-state index is 12.9. The average molecular weight is 391 g/mol. The van der Waals surface area contributed by atoms with Crippen LogP contribution in [0.25, 0.3) is 0 Å². The third-order valence-corrected chi connectivity index (χ3v) is 6.49. The van der Waals surface area contributed by atoms with Crippen molar-refractivity contribution in [2.45, 2.75) is 37.1 Å². The van der Waals surface area contributed by atoms with E-state index < -0.39 is 21.8 Å². The third-order valence-electron chi connectivity index (χ3n) is 4.48. The number of piperidine rings is 1. The topological polar surface area (TPSA) is 109 Å². The van der Waals surface area contributed by atoms with Crippen molar-refractivity contribution < 1.29 is 22.4 Å². The Morgan fingerprint density at radius 2 is 1.89 bits per heavy atom. The van der Waals surface area contributed by atoms with Gasteiger partial charge in [-0.05, 0) is 50.1 Å². The Balaban J connectivity index is 1.72. The summed E-state index contributed by atoms with van der Waals surface area (Å²) in [5, 5.41) is 0. The lowest BCUT2D eigenvalue weighted by molar-refractivity contribution is 0.0831. The fourth-order valence-corrected chi connectivity index (χ4v) is 4.76. The molecule has 1 atom stereocenters. The molecule has 2 N–H and O–H groups in total. The fraction of sp³-hybridized carbons (Fsp3) is 0.333. The first kappa shape index (κ1) is 19.1. The van der Waals surface area contributed by atoms with Crippen LogP contribution in [-0.2, 0) is 10.0 Å². The number of sulfonamides is 1. The van der Waals surface area contributed by atoms with Crippen LogP contribution in [0, 0.1) is 0 Å². The van der Waals surface area contributed by atoms with Gasteiger partial charge in [0, 0.05) is 18.2 Å². The van der Waals surface area contributed by atoms with E-state index in [1.54, 1.807) is 6.07 Å². The van der Waals surface area contributed by atoms with Gasteiger partial charge in [-0.3, -0.25) is 20.4 Å². The van der Waals surface area contributed by atoms with Gasteiger partial charge in [0.1, 0.15) is 0 Å². The summed E-state index contributed by atoms with van der Waals surface area (Å²) < 4.78 is 32.2. The third kappa shape index (κ3) is 4.20. The molecule has 3 rings (SSSR count). The minimum Gasteiger partial charge on any atom is -0.459 e. The van der Waals surface area contributed by atoms with Crippen molar-refractivity contribution in [3.63, 3.8) is 0 Å². The Labute approximate surface area is 157 Å². The van der Waals surface area contributed by atoms with E-state index in [9.17, 15) is 18.0 Å². The summed E-state index contributed by atoms with van der Waals surface area (Å²) in [7, 11) is -3.68. The van der Waals surface area contributed by atoms with Crippen molar-refractivity contribution in [2.75, 3.05) is 6.54 Å². The average Bonchev–Trinajstić information content (AvgIpc) is 3.21. The molecule has 144 valence electrons. The summed E-state index contributed by atoms with van der Waals surface area (Å²) in [6, 6.07) is 8.69. The monoisotopic (exact) mass is 391 g/mol. The predicted molar refractivity (Wildman–Crippen MR) is 97.3 cm³/mol. The number of hydrogen-bond acceptors (Lipinski definition) is 5. The molecule has 1 aliphatic heterocycles. The highest BCUT2D eigenvalue weighted by Crippen LogP contribution is 2.25. The van der Waals surface area contributed by atoms with Gasteiger partial charge in [-0.25, -0.2) is 8.42 Å². The fourth-order valence-electron chi connectivity index (χ4n) is 3.02. The predicted octanol–water partition coefficient (Wildman–Crippen LogP) is 1.92. The van der Waals surface area contributed by atoms with Crippen LogP contribution in [-0.4, -0.2) is 37.1 Å². The molecule has 0 radical (unpaired) electrons. The molecular formula is C18H21N3O5S. The van der Waals surface area contributed by atoms with Crippen molar-refractivity contribution in [3.05, 3.63) is 54.0 Å². The molecule has 1 fully saturated rings. The van der Waals surface area contributed by atoms with Crippen LogP contribution in [0.5, 0.6) is 0 Å². The smallest absolute Gasteiger partial charge is 0.305 e. The minimum absolute atomic E-state index is 0.0470. The molecule has 0 spiro atoms. The summed E-state index contributed by atoms with van der Waals surface area (Å²) in [5.41, 5.74) is 4.59. The van der Waals surface area contributed by atoms with E-state index in [0.717, 1.165) is 19.3 Å². The van der Waals surface area contributed by atoms with Crippen LogP contribution in [0.15, 0.2) is 52.0 Å². The second-order valence-corrected chi connectivity index (χ2v) is 8.26. The number of amides is 2. The van der Waals surface area contributed by atoms with E-state index in [1.165, 1.54) is 40.9 Å². The first-order valence-corrected chi connectivity index (χ1v) is 10.1. The first-order chi connectivity index (χ1) is 12.9. The molecule has 0 bridgehead atoms. The number of hydrazine groups is 1. The summed E-state index contributed by atoms with van der Waals surface area (Å²) in [6.45, 7) is 2.36. The molecule has 0 saturated carbocycles. The SMILES string of the molecule is C[C@H]1CCCCN1S(=O)(=O)c1cccc(C(=O)NNC(=O)c2ccco2)c1. The zero-order valence-electron chi connectivity index (χ0n) is 14.8. The van der Waals surface area contributed by atoms with Crippen LogP contribution >= 0.6 is 0 Å². The van der Waals surface area contributed by atoms with Gasteiger partial charge < -0.3 is 4.42 Å². The van der Waals surface area contributed by atoms with Crippen molar-refractivity contribution in [1.82, 2.24) is 15.2 Å². The zero-order valence-corrected chi connectivity index (χ0v) is 15.7. The van der Waals surface area contributed by atoms with E-state index in [4.69, 9.17) is 4.42 Å². The lowest BCUT2D eigenvalue weighted by atomic mass is 10.1. The quantitative estimate of drug-likeness (QED) is 0.774. The number of carbonyl (C=O) groups excluding carboxylic acids is 2. The molecule has 0 aliphatic carbocycles. The maximum atomic E-state index is 12.9. The van der Waals surface area contributed by atoms with Gasteiger partial charge in [0.2, 0.25) is 10.0 Å². The minimum atomic E-state index is -3.68. The van der Waals surface area contributed by atoms with Crippen molar-refractivity contribution in [1.29, 1.82) is 0 Å². The molecule has 1 aromatic heterocycles. The van der Waals surface area contributed by atoms with Crippen molar-refractivity contribution >= 4 is 21.8 Å². The molecule has 1 aromatic carbocycles. The molecule has 1 aliphatic rings. The Morgan fingerprint density at radius 3 is 2.59 bits per heavy atom. The Morgan fingerprint density at radius 1 is 1.11 bits per heavy atom. The molecule has 1 saturated heterocycles. The molecule has 2 amide bonds. The normalized spacial score (nSPS) is 18.0. The lowest BCUT2D eigenvalue weighted by Gasteiger charge is -2.32. The van der Waals surface area contributed by atoms with Crippen LogP contribution in [0.4, 0.5) is 0 Å². The van der Waals surface area contributed by atoms with Gasteiger partial charge in [-0.2, -0.15) is 4.31 Å². The van der Waals surface area contributed by atoms with Gasteiger partial charge in [-0.15, -0.1) is 0 Å².